The smallest absolute Gasteiger partial charge is 0.408 e. The first kappa shape index (κ1) is 38.0. The summed E-state index contributed by atoms with van der Waals surface area (Å²) in [5.41, 5.74) is -1.51. The number of hydrogen-bond acceptors (Lipinski definition) is 8. The van der Waals surface area contributed by atoms with E-state index in [-0.39, 0.29) is 12.8 Å². The highest BCUT2D eigenvalue weighted by atomic mass is 16.6. The van der Waals surface area contributed by atoms with Crippen molar-refractivity contribution in [3.63, 3.8) is 0 Å². The Labute approximate surface area is 272 Å². The van der Waals surface area contributed by atoms with Gasteiger partial charge < -0.3 is 35.4 Å². The minimum absolute atomic E-state index is 0.0892. The molecule has 1 aliphatic rings. The van der Waals surface area contributed by atoms with Crippen molar-refractivity contribution in [3.05, 3.63) is 60.7 Å². The van der Waals surface area contributed by atoms with Gasteiger partial charge in [0, 0.05) is 13.0 Å². The number of ether oxygens (including phenoxy) is 2. The van der Waals surface area contributed by atoms with Gasteiger partial charge in [0.15, 0.2) is 0 Å². The first-order valence-corrected chi connectivity index (χ1v) is 15.6. The van der Waals surface area contributed by atoms with Crippen molar-refractivity contribution in [1.29, 1.82) is 0 Å². The van der Waals surface area contributed by atoms with Crippen LogP contribution >= 0.6 is 0 Å². The number of rotatable bonds is 15. The fraction of sp³-hybridized carbons (Fsp3) is 0.559. The highest BCUT2D eigenvalue weighted by Gasteiger charge is 2.40. The summed E-state index contributed by atoms with van der Waals surface area (Å²) in [5, 5.41) is 17.7. The Morgan fingerprint density at radius 3 is 2.33 bits per heavy atom. The average Bonchev–Trinajstić information content (AvgIpc) is 3.48. The second-order valence-corrected chi connectivity index (χ2v) is 12.8. The van der Waals surface area contributed by atoms with Gasteiger partial charge in [0.05, 0.1) is 13.2 Å². The minimum Gasteiger partial charge on any atom is -0.467 e. The number of carbonyl (C=O) groups is 5. The third kappa shape index (κ3) is 12.3. The zero-order valence-electron chi connectivity index (χ0n) is 27.8. The molecule has 1 saturated heterocycles. The number of benzene rings is 1. The number of amides is 4. The lowest BCUT2D eigenvalue weighted by Crippen LogP contribution is -2.62. The predicted octanol–water partition coefficient (Wildman–Crippen LogP) is 2.94. The number of likely N-dealkylation sites (tertiary alicyclic amines) is 1. The van der Waals surface area contributed by atoms with E-state index in [2.05, 4.69) is 22.5 Å². The molecule has 2 rings (SSSR count). The first-order valence-electron chi connectivity index (χ1n) is 15.6. The molecule has 254 valence electrons. The number of nitrogens with zero attached hydrogens (tertiary/aromatic N) is 1. The number of esters is 1. The summed E-state index contributed by atoms with van der Waals surface area (Å²) in [7, 11) is 1.27. The molecule has 4 amide bonds. The van der Waals surface area contributed by atoms with Crippen LogP contribution in [0.3, 0.4) is 0 Å². The van der Waals surface area contributed by atoms with E-state index in [1.165, 1.54) is 31.9 Å². The van der Waals surface area contributed by atoms with Crippen LogP contribution in [0, 0.1) is 0 Å². The highest BCUT2D eigenvalue weighted by Crippen LogP contribution is 2.21. The number of nitrogens with one attached hydrogen (secondary N) is 3. The molecule has 0 saturated carbocycles. The summed E-state index contributed by atoms with van der Waals surface area (Å²) in [4.78, 5) is 67.3. The summed E-state index contributed by atoms with van der Waals surface area (Å²) < 4.78 is 10.2. The van der Waals surface area contributed by atoms with E-state index < -0.39 is 65.2 Å². The lowest BCUT2D eigenvalue weighted by molar-refractivity contribution is -0.152. The molecule has 12 heteroatoms. The topological polar surface area (TPSA) is 163 Å². The average molecular weight is 643 g/mol. The SMILES string of the molecule is C=C[C@H](O)CC/C=C/C[C@H](NC(=O)OC(C)(C)C)C(=O)NC(C)(C)C(=O)N[C@@H](Cc1ccccc1)C(=O)N1CCC[C@@H]1C(=O)OC. The van der Waals surface area contributed by atoms with Crippen LogP contribution in [0.5, 0.6) is 0 Å². The van der Waals surface area contributed by atoms with Gasteiger partial charge in [-0.15, -0.1) is 6.58 Å². The lowest BCUT2D eigenvalue weighted by Gasteiger charge is -2.32. The second kappa shape index (κ2) is 17.5. The van der Waals surface area contributed by atoms with Crippen molar-refractivity contribution in [2.24, 2.45) is 0 Å². The summed E-state index contributed by atoms with van der Waals surface area (Å²) >= 11 is 0. The minimum atomic E-state index is -1.51. The van der Waals surface area contributed by atoms with Crippen LogP contribution in [-0.2, 0) is 35.1 Å². The molecular formula is C34H50N4O8. The Balaban J connectivity index is 2.23. The van der Waals surface area contributed by atoms with Crippen LogP contribution in [-0.4, -0.2) is 88.8 Å². The molecular weight excluding hydrogens is 592 g/mol. The van der Waals surface area contributed by atoms with Gasteiger partial charge in [-0.1, -0.05) is 48.6 Å². The van der Waals surface area contributed by atoms with E-state index in [0.717, 1.165) is 5.56 Å². The number of methoxy groups -OCH3 is 1. The molecule has 46 heavy (non-hydrogen) atoms. The summed E-state index contributed by atoms with van der Waals surface area (Å²) in [6.45, 7) is 12.0. The predicted molar refractivity (Wildman–Crippen MR) is 173 cm³/mol. The molecule has 0 unspecified atom stereocenters. The Hall–Kier alpha value is -4.19. The molecule has 0 aliphatic carbocycles. The molecule has 1 aromatic carbocycles. The van der Waals surface area contributed by atoms with Crippen molar-refractivity contribution in [2.45, 2.75) is 109 Å². The quantitative estimate of drug-likeness (QED) is 0.168. The second-order valence-electron chi connectivity index (χ2n) is 12.8. The van der Waals surface area contributed by atoms with E-state index in [9.17, 15) is 29.1 Å². The number of allylic oxidation sites excluding steroid dienone is 1. The number of aliphatic hydroxyl groups is 1. The van der Waals surface area contributed by atoms with Gasteiger partial charge in [-0.25, -0.2) is 9.59 Å². The van der Waals surface area contributed by atoms with Crippen molar-refractivity contribution < 1.29 is 38.6 Å². The Bertz CT molecular complexity index is 1240. The van der Waals surface area contributed by atoms with Gasteiger partial charge in [-0.3, -0.25) is 14.4 Å². The maximum absolute atomic E-state index is 13.8. The first-order chi connectivity index (χ1) is 21.6. The van der Waals surface area contributed by atoms with Crippen molar-refractivity contribution in [3.8, 4) is 0 Å². The van der Waals surface area contributed by atoms with Crippen LogP contribution < -0.4 is 16.0 Å². The largest absolute Gasteiger partial charge is 0.467 e. The number of aliphatic hydroxyl groups excluding tert-OH is 1. The van der Waals surface area contributed by atoms with E-state index in [1.807, 2.05) is 30.3 Å². The molecule has 0 spiro atoms. The molecule has 1 aromatic rings. The number of hydrogen-bond donors (Lipinski definition) is 4. The third-order valence-electron chi connectivity index (χ3n) is 7.35. The van der Waals surface area contributed by atoms with Crippen LogP contribution in [0.25, 0.3) is 0 Å². The third-order valence-corrected chi connectivity index (χ3v) is 7.35. The standard InChI is InChI=1S/C34H50N4O8/c1-8-24(39)18-13-10-14-19-25(36-32(44)46-33(2,3)4)28(40)37-34(5,6)31(43)35-26(22-23-16-11-9-12-17-23)29(41)38-21-15-20-27(38)30(42)45-7/h8-12,14,16-17,24-27,39H,1,13,15,18-22H2,2-7H3,(H,35,43)(H,36,44)(H,37,40)/b14-10+/t24-,25-,26-,27+/m0/s1. The Kier molecular flexibility index (Phi) is 14.4. The molecule has 4 N–H and O–H groups in total. The van der Waals surface area contributed by atoms with Crippen molar-refractivity contribution in [2.75, 3.05) is 13.7 Å². The van der Waals surface area contributed by atoms with Gasteiger partial charge >= 0.3 is 12.1 Å². The Morgan fingerprint density at radius 1 is 1.04 bits per heavy atom. The number of carbonyl (C=O) groups excluding carboxylic acids is 5. The van der Waals surface area contributed by atoms with Gasteiger partial charge in [0.2, 0.25) is 17.7 Å². The van der Waals surface area contributed by atoms with E-state index in [4.69, 9.17) is 9.47 Å². The molecule has 1 heterocycles. The van der Waals surface area contributed by atoms with Gasteiger partial charge in [0.1, 0.15) is 29.3 Å². The Morgan fingerprint density at radius 2 is 1.72 bits per heavy atom. The van der Waals surface area contributed by atoms with Gasteiger partial charge in [0.25, 0.3) is 0 Å². The molecule has 0 radical (unpaired) electrons. The van der Waals surface area contributed by atoms with E-state index in [1.54, 1.807) is 32.9 Å². The monoisotopic (exact) mass is 642 g/mol. The van der Waals surface area contributed by atoms with Crippen LogP contribution in [0.1, 0.15) is 72.3 Å². The van der Waals surface area contributed by atoms with Crippen LogP contribution in [0.2, 0.25) is 0 Å². The molecule has 1 fully saturated rings. The van der Waals surface area contributed by atoms with Crippen molar-refractivity contribution >= 4 is 29.8 Å². The molecule has 12 nitrogen and oxygen atoms in total. The molecule has 4 atom stereocenters. The molecule has 0 aromatic heterocycles. The molecule has 1 aliphatic heterocycles. The fourth-order valence-electron chi connectivity index (χ4n) is 4.87. The number of alkyl carbamates (subject to hydrolysis) is 1. The highest BCUT2D eigenvalue weighted by molar-refractivity contribution is 5.97. The van der Waals surface area contributed by atoms with Gasteiger partial charge in [-0.05, 0) is 72.3 Å². The van der Waals surface area contributed by atoms with Crippen LogP contribution in [0.15, 0.2) is 55.1 Å². The summed E-state index contributed by atoms with van der Waals surface area (Å²) in [5.74, 6) is -2.21. The maximum Gasteiger partial charge on any atom is 0.408 e. The lowest BCUT2D eigenvalue weighted by atomic mass is 9.99. The van der Waals surface area contributed by atoms with Crippen LogP contribution in [0.4, 0.5) is 4.79 Å². The maximum atomic E-state index is 13.8. The van der Waals surface area contributed by atoms with E-state index >= 15 is 0 Å². The summed E-state index contributed by atoms with van der Waals surface area (Å²) in [6, 6.07) is 6.29. The zero-order valence-corrected chi connectivity index (χ0v) is 27.8. The van der Waals surface area contributed by atoms with Crippen molar-refractivity contribution in [1.82, 2.24) is 20.9 Å². The normalized spacial score (nSPS) is 17.0. The fourth-order valence-corrected chi connectivity index (χ4v) is 4.87. The van der Waals surface area contributed by atoms with E-state index in [0.29, 0.717) is 32.2 Å². The zero-order chi connectivity index (χ0) is 34.5. The molecule has 0 bridgehead atoms. The van der Waals surface area contributed by atoms with Gasteiger partial charge in [-0.2, -0.15) is 0 Å². The summed E-state index contributed by atoms with van der Waals surface area (Å²) in [6.07, 6.45) is 5.75.